The van der Waals surface area contributed by atoms with Crippen molar-refractivity contribution >= 4 is 28.9 Å². The van der Waals surface area contributed by atoms with Crippen LogP contribution in [0.5, 0.6) is 0 Å². The monoisotopic (exact) mass is 329 g/mol. The number of benzene rings is 1. The quantitative estimate of drug-likeness (QED) is 0.861. The maximum Gasteiger partial charge on any atom is 0.338 e. The summed E-state index contributed by atoms with van der Waals surface area (Å²) in [6, 6.07) is 8.77. The molecule has 1 N–H and O–H groups in total. The zero-order valence-corrected chi connectivity index (χ0v) is 13.9. The van der Waals surface area contributed by atoms with Gasteiger partial charge in [-0.2, -0.15) is 0 Å². The number of amides is 1. The van der Waals surface area contributed by atoms with Crippen molar-refractivity contribution in [3.8, 4) is 0 Å². The third kappa shape index (κ3) is 3.62. The van der Waals surface area contributed by atoms with Crippen LogP contribution >= 0.6 is 11.3 Å². The minimum absolute atomic E-state index is 0.0896. The Labute approximate surface area is 139 Å². The number of carbonyl (C=O) groups is 2. The molecule has 0 unspecified atom stereocenters. The fourth-order valence-corrected chi connectivity index (χ4v) is 3.85. The highest BCUT2D eigenvalue weighted by atomic mass is 32.1. The standard InChI is InChI=1S/C18H19NO3S/c1-2-22-18(21)12-7-9-14(10-8-12)19-17(20)16-11-13-5-3-4-6-15(13)23-16/h7-11H,2-6H2,1H3,(H,19,20). The molecule has 5 heteroatoms. The molecule has 1 amide bonds. The molecule has 3 rings (SSSR count). The third-order valence-corrected chi connectivity index (χ3v) is 5.11. The van der Waals surface area contributed by atoms with Crippen molar-refractivity contribution in [2.75, 3.05) is 11.9 Å². The maximum atomic E-state index is 12.4. The number of rotatable bonds is 4. The Hall–Kier alpha value is -2.14. The van der Waals surface area contributed by atoms with Crippen molar-refractivity contribution in [3.63, 3.8) is 0 Å². The molecule has 1 aromatic carbocycles. The fraction of sp³-hybridized carbons (Fsp3) is 0.333. The first-order valence-corrected chi connectivity index (χ1v) is 8.69. The summed E-state index contributed by atoms with van der Waals surface area (Å²) in [6.07, 6.45) is 4.58. The van der Waals surface area contributed by atoms with E-state index < -0.39 is 0 Å². The molecule has 1 aliphatic carbocycles. The first-order chi connectivity index (χ1) is 11.2. The number of esters is 1. The van der Waals surface area contributed by atoms with Crippen LogP contribution in [0.25, 0.3) is 0 Å². The van der Waals surface area contributed by atoms with E-state index in [1.807, 2.05) is 6.07 Å². The minimum Gasteiger partial charge on any atom is -0.462 e. The van der Waals surface area contributed by atoms with Crippen LogP contribution in [0.15, 0.2) is 30.3 Å². The first-order valence-electron chi connectivity index (χ1n) is 7.87. The smallest absolute Gasteiger partial charge is 0.338 e. The Bertz CT molecular complexity index is 695. The molecular weight excluding hydrogens is 310 g/mol. The molecule has 0 spiro atoms. The van der Waals surface area contributed by atoms with Gasteiger partial charge in [0, 0.05) is 10.6 Å². The van der Waals surface area contributed by atoms with Gasteiger partial charge < -0.3 is 10.1 Å². The Balaban J connectivity index is 1.68. The normalized spacial score (nSPS) is 13.3. The molecule has 0 fully saturated rings. The van der Waals surface area contributed by atoms with Crippen LogP contribution in [0.2, 0.25) is 0 Å². The number of fused-ring (bicyclic) bond motifs is 1. The lowest BCUT2D eigenvalue weighted by molar-refractivity contribution is 0.0526. The van der Waals surface area contributed by atoms with E-state index in [1.54, 1.807) is 42.5 Å². The van der Waals surface area contributed by atoms with Crippen LogP contribution in [-0.2, 0) is 17.6 Å². The summed E-state index contributed by atoms with van der Waals surface area (Å²) in [7, 11) is 0. The molecule has 1 heterocycles. The highest BCUT2D eigenvalue weighted by molar-refractivity contribution is 7.14. The summed E-state index contributed by atoms with van der Waals surface area (Å²) < 4.78 is 4.94. The van der Waals surface area contributed by atoms with Gasteiger partial charge in [0.25, 0.3) is 5.91 Å². The van der Waals surface area contributed by atoms with Crippen LogP contribution in [0, 0.1) is 0 Å². The van der Waals surface area contributed by atoms with E-state index in [9.17, 15) is 9.59 Å². The van der Waals surface area contributed by atoms with Gasteiger partial charge in [-0.3, -0.25) is 4.79 Å². The van der Waals surface area contributed by atoms with Gasteiger partial charge in [0.15, 0.2) is 0 Å². The fourth-order valence-electron chi connectivity index (χ4n) is 2.70. The molecule has 0 bridgehead atoms. The lowest BCUT2D eigenvalue weighted by Crippen LogP contribution is -2.10. The second-order valence-corrected chi connectivity index (χ2v) is 6.65. The second-order valence-electron chi connectivity index (χ2n) is 5.52. The number of hydrogen-bond donors (Lipinski definition) is 1. The van der Waals surface area contributed by atoms with Gasteiger partial charge in [0.1, 0.15) is 0 Å². The van der Waals surface area contributed by atoms with E-state index in [-0.39, 0.29) is 11.9 Å². The number of nitrogens with one attached hydrogen (secondary N) is 1. The molecule has 23 heavy (non-hydrogen) atoms. The lowest BCUT2D eigenvalue weighted by Gasteiger charge is -2.08. The molecule has 1 aliphatic rings. The molecule has 0 atom stereocenters. The van der Waals surface area contributed by atoms with Gasteiger partial charge in [-0.25, -0.2) is 4.79 Å². The van der Waals surface area contributed by atoms with E-state index in [2.05, 4.69) is 5.32 Å². The minimum atomic E-state index is -0.351. The number of hydrogen-bond acceptors (Lipinski definition) is 4. The van der Waals surface area contributed by atoms with Gasteiger partial charge in [-0.1, -0.05) is 0 Å². The van der Waals surface area contributed by atoms with Crippen LogP contribution in [0.3, 0.4) is 0 Å². The second kappa shape index (κ2) is 6.96. The van der Waals surface area contributed by atoms with Crippen LogP contribution in [-0.4, -0.2) is 18.5 Å². The summed E-state index contributed by atoms with van der Waals surface area (Å²) in [4.78, 5) is 26.1. The zero-order valence-electron chi connectivity index (χ0n) is 13.1. The Kier molecular flexibility index (Phi) is 4.76. The molecule has 120 valence electrons. The number of anilines is 1. The highest BCUT2D eigenvalue weighted by Crippen LogP contribution is 2.30. The molecule has 0 saturated carbocycles. The summed E-state index contributed by atoms with van der Waals surface area (Å²) in [5.74, 6) is -0.440. The lowest BCUT2D eigenvalue weighted by atomic mass is 9.99. The van der Waals surface area contributed by atoms with E-state index >= 15 is 0 Å². The number of aryl methyl sites for hydroxylation is 2. The van der Waals surface area contributed by atoms with Gasteiger partial charge in [-0.05, 0) is 68.5 Å². The van der Waals surface area contributed by atoms with Crippen LogP contribution < -0.4 is 5.32 Å². The zero-order chi connectivity index (χ0) is 16.2. The highest BCUT2D eigenvalue weighted by Gasteiger charge is 2.17. The molecule has 1 aromatic heterocycles. The summed E-state index contributed by atoms with van der Waals surface area (Å²) >= 11 is 1.59. The summed E-state index contributed by atoms with van der Waals surface area (Å²) in [5, 5.41) is 2.88. The summed E-state index contributed by atoms with van der Waals surface area (Å²) in [6.45, 7) is 2.12. The molecule has 0 aliphatic heterocycles. The maximum absolute atomic E-state index is 12.4. The van der Waals surface area contributed by atoms with Gasteiger partial charge >= 0.3 is 5.97 Å². The number of thiophene rings is 1. The molecule has 4 nitrogen and oxygen atoms in total. The van der Waals surface area contributed by atoms with Crippen LogP contribution in [0.4, 0.5) is 5.69 Å². The van der Waals surface area contributed by atoms with E-state index in [1.165, 1.54) is 23.3 Å². The largest absolute Gasteiger partial charge is 0.462 e. The Morgan fingerprint density at radius 2 is 1.91 bits per heavy atom. The number of ether oxygens (including phenoxy) is 1. The average Bonchev–Trinajstić information content (AvgIpc) is 3.00. The van der Waals surface area contributed by atoms with Crippen molar-refractivity contribution in [1.29, 1.82) is 0 Å². The van der Waals surface area contributed by atoms with Gasteiger partial charge in [0.2, 0.25) is 0 Å². The predicted molar refractivity (Wildman–Crippen MR) is 91.3 cm³/mol. The summed E-state index contributed by atoms with van der Waals surface area (Å²) in [5.41, 5.74) is 2.48. The topological polar surface area (TPSA) is 55.4 Å². The van der Waals surface area contributed by atoms with Crippen molar-refractivity contribution < 1.29 is 14.3 Å². The average molecular weight is 329 g/mol. The van der Waals surface area contributed by atoms with E-state index in [0.717, 1.165) is 17.7 Å². The third-order valence-electron chi connectivity index (χ3n) is 3.87. The molecule has 0 saturated heterocycles. The molecule has 0 radical (unpaired) electrons. The van der Waals surface area contributed by atoms with Gasteiger partial charge in [-0.15, -0.1) is 11.3 Å². The molecule has 2 aromatic rings. The SMILES string of the molecule is CCOC(=O)c1ccc(NC(=O)c2cc3c(s2)CCCC3)cc1. The van der Waals surface area contributed by atoms with Crippen molar-refractivity contribution in [3.05, 3.63) is 51.2 Å². The van der Waals surface area contributed by atoms with Gasteiger partial charge in [0.05, 0.1) is 17.0 Å². The van der Waals surface area contributed by atoms with Crippen molar-refractivity contribution in [2.24, 2.45) is 0 Å². The van der Waals surface area contributed by atoms with Crippen LogP contribution in [0.1, 0.15) is 50.2 Å². The van der Waals surface area contributed by atoms with Crippen molar-refractivity contribution in [1.82, 2.24) is 0 Å². The number of carbonyl (C=O) groups excluding carboxylic acids is 2. The Morgan fingerprint density at radius 1 is 1.17 bits per heavy atom. The van der Waals surface area contributed by atoms with Crippen molar-refractivity contribution in [2.45, 2.75) is 32.6 Å². The van der Waals surface area contributed by atoms with E-state index in [0.29, 0.717) is 17.9 Å². The predicted octanol–water partition coefficient (Wildman–Crippen LogP) is 4.06. The first kappa shape index (κ1) is 15.7. The molecular formula is C18H19NO3S. The van der Waals surface area contributed by atoms with E-state index in [4.69, 9.17) is 4.74 Å². The Morgan fingerprint density at radius 3 is 2.61 bits per heavy atom.